The zero-order valence-corrected chi connectivity index (χ0v) is 13.0. The standard InChI is InChI=1S/C18H17FN2O2/c1-11-5-3-6-12(2)17(11)21-16(22)10-15(18(21)23)20-14-8-4-7-13(19)9-14/h3-9,15,20H,10H2,1-2H3/t15-/m1/s1. The lowest BCUT2D eigenvalue weighted by atomic mass is 10.1. The lowest BCUT2D eigenvalue weighted by Crippen LogP contribution is -2.35. The summed E-state index contributed by atoms with van der Waals surface area (Å²) < 4.78 is 13.3. The smallest absolute Gasteiger partial charge is 0.256 e. The van der Waals surface area contributed by atoms with E-state index in [4.69, 9.17) is 0 Å². The van der Waals surface area contributed by atoms with Gasteiger partial charge in [-0.1, -0.05) is 24.3 Å². The quantitative estimate of drug-likeness (QED) is 0.886. The van der Waals surface area contributed by atoms with Crippen LogP contribution in [-0.4, -0.2) is 17.9 Å². The molecule has 1 aliphatic heterocycles. The molecule has 0 aromatic heterocycles. The van der Waals surface area contributed by atoms with Crippen LogP contribution in [0.15, 0.2) is 42.5 Å². The number of benzene rings is 2. The summed E-state index contributed by atoms with van der Waals surface area (Å²) in [6.07, 6.45) is 0.0587. The molecule has 118 valence electrons. The number of anilines is 2. The Hall–Kier alpha value is -2.69. The fourth-order valence-electron chi connectivity index (χ4n) is 2.92. The third kappa shape index (κ3) is 2.82. The van der Waals surface area contributed by atoms with Gasteiger partial charge in [0.05, 0.1) is 12.1 Å². The van der Waals surface area contributed by atoms with Crippen molar-refractivity contribution in [3.8, 4) is 0 Å². The minimum absolute atomic E-state index is 0.0587. The number of nitrogens with zero attached hydrogens (tertiary/aromatic N) is 1. The minimum Gasteiger partial charge on any atom is -0.373 e. The topological polar surface area (TPSA) is 49.4 Å². The molecule has 3 rings (SSSR count). The van der Waals surface area contributed by atoms with Crippen molar-refractivity contribution in [1.29, 1.82) is 0 Å². The molecule has 2 amide bonds. The van der Waals surface area contributed by atoms with Gasteiger partial charge in [0.15, 0.2) is 0 Å². The van der Waals surface area contributed by atoms with Crippen LogP contribution in [0.25, 0.3) is 0 Å². The van der Waals surface area contributed by atoms with E-state index >= 15 is 0 Å². The van der Waals surface area contributed by atoms with Crippen LogP contribution in [0.3, 0.4) is 0 Å². The molecule has 1 heterocycles. The van der Waals surface area contributed by atoms with E-state index < -0.39 is 11.9 Å². The number of halogens is 1. The van der Waals surface area contributed by atoms with E-state index in [1.165, 1.54) is 17.0 Å². The highest BCUT2D eigenvalue weighted by molar-refractivity contribution is 6.23. The van der Waals surface area contributed by atoms with Gasteiger partial charge in [0, 0.05) is 5.69 Å². The van der Waals surface area contributed by atoms with Crippen molar-refractivity contribution in [1.82, 2.24) is 0 Å². The summed E-state index contributed by atoms with van der Waals surface area (Å²) in [5, 5.41) is 2.95. The Balaban J connectivity index is 1.88. The summed E-state index contributed by atoms with van der Waals surface area (Å²) in [5.41, 5.74) is 2.88. The maximum atomic E-state index is 13.3. The highest BCUT2D eigenvalue weighted by Gasteiger charge is 2.40. The Morgan fingerprint density at radius 1 is 1.09 bits per heavy atom. The molecule has 2 aromatic carbocycles. The number of imide groups is 1. The fourth-order valence-corrected chi connectivity index (χ4v) is 2.92. The first kappa shape index (κ1) is 15.2. The fraction of sp³-hybridized carbons (Fsp3) is 0.222. The minimum atomic E-state index is -0.677. The number of hydrogen-bond donors (Lipinski definition) is 1. The molecule has 0 bridgehead atoms. The zero-order chi connectivity index (χ0) is 16.6. The lowest BCUT2D eigenvalue weighted by Gasteiger charge is -2.20. The molecule has 2 aromatic rings. The van der Waals surface area contributed by atoms with Crippen LogP contribution in [0, 0.1) is 19.7 Å². The molecule has 0 radical (unpaired) electrons. The van der Waals surface area contributed by atoms with Gasteiger partial charge in [-0.3, -0.25) is 9.59 Å². The van der Waals surface area contributed by atoms with Gasteiger partial charge in [0.2, 0.25) is 5.91 Å². The Labute approximate surface area is 133 Å². The molecule has 0 unspecified atom stereocenters. The summed E-state index contributed by atoms with van der Waals surface area (Å²) in [6, 6.07) is 10.8. The van der Waals surface area contributed by atoms with Crippen molar-refractivity contribution in [2.24, 2.45) is 0 Å². The largest absolute Gasteiger partial charge is 0.373 e. The number of amides is 2. The van der Waals surface area contributed by atoms with Crippen LogP contribution < -0.4 is 10.2 Å². The average molecular weight is 312 g/mol. The van der Waals surface area contributed by atoms with Gasteiger partial charge in [0.1, 0.15) is 11.9 Å². The number of hydrogen-bond acceptors (Lipinski definition) is 3. The third-order valence-electron chi connectivity index (χ3n) is 3.98. The Bertz CT molecular complexity index is 768. The summed E-state index contributed by atoms with van der Waals surface area (Å²) in [7, 11) is 0. The van der Waals surface area contributed by atoms with Crippen LogP contribution in [0.2, 0.25) is 0 Å². The van der Waals surface area contributed by atoms with Crippen molar-refractivity contribution in [2.75, 3.05) is 10.2 Å². The normalized spacial score (nSPS) is 17.7. The van der Waals surface area contributed by atoms with Crippen LogP contribution in [0.5, 0.6) is 0 Å². The number of carbonyl (C=O) groups is 2. The first-order valence-electron chi connectivity index (χ1n) is 7.42. The Kier molecular flexibility index (Phi) is 3.86. The summed E-state index contributed by atoms with van der Waals surface area (Å²) in [5.74, 6) is -0.948. The molecule has 1 fully saturated rings. The van der Waals surface area contributed by atoms with E-state index in [2.05, 4.69) is 5.32 Å². The summed E-state index contributed by atoms with van der Waals surface area (Å²) >= 11 is 0. The van der Waals surface area contributed by atoms with Crippen LogP contribution in [-0.2, 0) is 9.59 Å². The maximum absolute atomic E-state index is 13.3. The molecule has 5 heteroatoms. The van der Waals surface area contributed by atoms with Gasteiger partial charge in [-0.2, -0.15) is 0 Å². The van der Waals surface area contributed by atoms with Crippen molar-refractivity contribution < 1.29 is 14.0 Å². The molecule has 1 atom stereocenters. The van der Waals surface area contributed by atoms with Crippen molar-refractivity contribution >= 4 is 23.2 Å². The Morgan fingerprint density at radius 3 is 2.39 bits per heavy atom. The van der Waals surface area contributed by atoms with Crippen molar-refractivity contribution in [3.63, 3.8) is 0 Å². The second-order valence-corrected chi connectivity index (χ2v) is 5.72. The molecule has 4 nitrogen and oxygen atoms in total. The number of nitrogens with one attached hydrogen (secondary N) is 1. The zero-order valence-electron chi connectivity index (χ0n) is 13.0. The predicted octanol–water partition coefficient (Wildman–Crippen LogP) is 3.19. The van der Waals surface area contributed by atoms with E-state index in [9.17, 15) is 14.0 Å². The molecule has 0 spiro atoms. The molecule has 1 N–H and O–H groups in total. The van der Waals surface area contributed by atoms with Crippen molar-refractivity contribution in [2.45, 2.75) is 26.3 Å². The van der Waals surface area contributed by atoms with Gasteiger partial charge < -0.3 is 5.32 Å². The Morgan fingerprint density at radius 2 is 1.74 bits per heavy atom. The van der Waals surface area contributed by atoms with Gasteiger partial charge in [-0.05, 0) is 43.2 Å². The van der Waals surface area contributed by atoms with E-state index in [0.717, 1.165) is 11.1 Å². The first-order chi connectivity index (χ1) is 11.0. The van der Waals surface area contributed by atoms with Gasteiger partial charge in [-0.15, -0.1) is 0 Å². The monoisotopic (exact) mass is 312 g/mol. The highest BCUT2D eigenvalue weighted by atomic mass is 19.1. The van der Waals surface area contributed by atoms with E-state index in [1.807, 2.05) is 32.0 Å². The predicted molar refractivity (Wildman–Crippen MR) is 86.8 cm³/mol. The maximum Gasteiger partial charge on any atom is 0.256 e. The molecule has 0 saturated carbocycles. The van der Waals surface area contributed by atoms with Gasteiger partial charge in [-0.25, -0.2) is 9.29 Å². The summed E-state index contributed by atoms with van der Waals surface area (Å²) in [4.78, 5) is 26.2. The lowest BCUT2D eigenvalue weighted by molar-refractivity contribution is -0.121. The molecular weight excluding hydrogens is 295 g/mol. The number of para-hydroxylation sites is 1. The summed E-state index contributed by atoms with van der Waals surface area (Å²) in [6.45, 7) is 3.74. The van der Waals surface area contributed by atoms with Crippen LogP contribution >= 0.6 is 0 Å². The van der Waals surface area contributed by atoms with Crippen LogP contribution in [0.4, 0.5) is 15.8 Å². The number of rotatable bonds is 3. The SMILES string of the molecule is Cc1cccc(C)c1N1C(=O)C[C@@H](Nc2cccc(F)c2)C1=O. The molecule has 1 saturated heterocycles. The van der Waals surface area contributed by atoms with Gasteiger partial charge in [0.25, 0.3) is 5.91 Å². The second kappa shape index (κ2) is 5.83. The molecule has 23 heavy (non-hydrogen) atoms. The average Bonchev–Trinajstić information content (AvgIpc) is 2.75. The second-order valence-electron chi connectivity index (χ2n) is 5.72. The number of carbonyl (C=O) groups excluding carboxylic acids is 2. The van der Waals surface area contributed by atoms with Gasteiger partial charge >= 0.3 is 0 Å². The van der Waals surface area contributed by atoms with E-state index in [0.29, 0.717) is 11.4 Å². The van der Waals surface area contributed by atoms with Crippen molar-refractivity contribution in [3.05, 3.63) is 59.4 Å². The van der Waals surface area contributed by atoms with E-state index in [-0.39, 0.29) is 18.2 Å². The van der Waals surface area contributed by atoms with Crippen LogP contribution in [0.1, 0.15) is 17.5 Å². The number of aryl methyl sites for hydroxylation is 2. The van der Waals surface area contributed by atoms with E-state index in [1.54, 1.807) is 12.1 Å². The molecule has 0 aliphatic carbocycles. The first-order valence-corrected chi connectivity index (χ1v) is 7.42. The third-order valence-corrected chi connectivity index (χ3v) is 3.98. The molecule has 1 aliphatic rings. The molecular formula is C18H17FN2O2. The highest BCUT2D eigenvalue weighted by Crippen LogP contribution is 2.30.